The summed E-state index contributed by atoms with van der Waals surface area (Å²) < 4.78 is 18.0. The first-order valence-electron chi connectivity index (χ1n) is 7.80. The third-order valence-corrected chi connectivity index (χ3v) is 3.96. The molecule has 0 aliphatic carbocycles. The molecule has 7 nitrogen and oxygen atoms in total. The number of nitrogens with zero attached hydrogens (tertiary/aromatic N) is 1. The first kappa shape index (κ1) is 17.4. The van der Waals surface area contributed by atoms with Gasteiger partial charge in [-0.05, 0) is 36.8 Å². The van der Waals surface area contributed by atoms with Crippen LogP contribution < -0.4 is 15.5 Å². The van der Waals surface area contributed by atoms with Crippen molar-refractivity contribution in [3.8, 4) is 5.75 Å². The Labute approximate surface area is 148 Å². The Morgan fingerprint density at radius 1 is 1.15 bits per heavy atom. The van der Waals surface area contributed by atoms with Crippen molar-refractivity contribution in [2.45, 2.75) is 12.5 Å². The van der Waals surface area contributed by atoms with Crippen molar-refractivity contribution >= 4 is 17.8 Å². The van der Waals surface area contributed by atoms with Crippen LogP contribution in [0.25, 0.3) is 0 Å². The smallest absolute Gasteiger partial charge is 0.344 e. The molecule has 134 valence electrons. The Morgan fingerprint density at radius 3 is 2.46 bits per heavy atom. The number of amides is 4. The highest BCUT2D eigenvalue weighted by Gasteiger charge is 2.49. The van der Waals surface area contributed by atoms with E-state index in [0.29, 0.717) is 10.6 Å². The lowest BCUT2D eigenvalue weighted by molar-refractivity contribution is -0.139. The number of nitrogens with one attached hydrogen (secondary N) is 2. The quantitative estimate of drug-likeness (QED) is 0.798. The van der Waals surface area contributed by atoms with Crippen molar-refractivity contribution in [1.29, 1.82) is 0 Å². The zero-order valence-corrected chi connectivity index (χ0v) is 13.9. The summed E-state index contributed by atoms with van der Waals surface area (Å²) in [6.45, 7) is 1.12. The van der Waals surface area contributed by atoms with E-state index in [1.807, 2.05) is 0 Å². The van der Waals surface area contributed by atoms with Gasteiger partial charge in [0.25, 0.3) is 11.8 Å². The first-order valence-corrected chi connectivity index (χ1v) is 7.80. The maximum Gasteiger partial charge on any atom is 0.344 e. The fraction of sp³-hybridized carbons (Fsp3) is 0.167. The van der Waals surface area contributed by atoms with E-state index >= 15 is 0 Å². The van der Waals surface area contributed by atoms with Gasteiger partial charge in [0.05, 0.1) is 0 Å². The van der Waals surface area contributed by atoms with Gasteiger partial charge >= 0.3 is 6.03 Å². The molecule has 26 heavy (non-hydrogen) atoms. The topological polar surface area (TPSA) is 87.7 Å². The van der Waals surface area contributed by atoms with E-state index < -0.39 is 35.8 Å². The number of hydrogen-bond donors (Lipinski definition) is 2. The molecule has 0 spiro atoms. The number of hydrazine groups is 1. The number of imide groups is 1. The van der Waals surface area contributed by atoms with E-state index in [9.17, 15) is 18.8 Å². The van der Waals surface area contributed by atoms with Gasteiger partial charge in [0.15, 0.2) is 6.61 Å². The van der Waals surface area contributed by atoms with Crippen molar-refractivity contribution in [2.24, 2.45) is 0 Å². The van der Waals surface area contributed by atoms with Gasteiger partial charge in [-0.15, -0.1) is 0 Å². The number of halogens is 1. The van der Waals surface area contributed by atoms with Crippen LogP contribution in [0.5, 0.6) is 5.75 Å². The van der Waals surface area contributed by atoms with Gasteiger partial charge in [-0.25, -0.2) is 9.18 Å². The highest BCUT2D eigenvalue weighted by molar-refractivity contribution is 6.08. The van der Waals surface area contributed by atoms with Gasteiger partial charge in [0.1, 0.15) is 17.1 Å². The molecule has 3 rings (SSSR count). The standard InChI is InChI=1S/C18H16FN3O4/c1-18(12-5-3-2-4-6-12)16(24)22(17(25)20-18)21-15(23)11-26-14-9-7-13(19)8-10-14/h2-10H,11H2,1H3,(H,20,25)(H,21,23). The molecule has 8 heteroatoms. The van der Waals surface area contributed by atoms with Crippen molar-refractivity contribution in [3.05, 3.63) is 66.0 Å². The first-order chi connectivity index (χ1) is 12.4. The normalized spacial score (nSPS) is 19.2. The molecular weight excluding hydrogens is 341 g/mol. The average molecular weight is 357 g/mol. The van der Waals surface area contributed by atoms with Crippen molar-refractivity contribution < 1.29 is 23.5 Å². The molecule has 1 saturated heterocycles. The summed E-state index contributed by atoms with van der Waals surface area (Å²) in [5, 5.41) is 3.20. The van der Waals surface area contributed by atoms with Crippen LogP contribution in [0, 0.1) is 5.82 Å². The molecule has 0 aromatic heterocycles. The number of benzene rings is 2. The molecule has 2 aromatic carbocycles. The monoisotopic (exact) mass is 357 g/mol. The number of rotatable bonds is 5. The number of carbonyl (C=O) groups excluding carboxylic acids is 3. The lowest BCUT2D eigenvalue weighted by atomic mass is 9.92. The van der Waals surface area contributed by atoms with Gasteiger partial charge in [0.2, 0.25) is 0 Å². The Kier molecular flexibility index (Phi) is 4.57. The van der Waals surface area contributed by atoms with Crippen LogP contribution in [0.2, 0.25) is 0 Å². The summed E-state index contributed by atoms with van der Waals surface area (Å²) in [6, 6.07) is 13.1. The summed E-state index contributed by atoms with van der Waals surface area (Å²) in [5.41, 5.74) is 1.54. The highest BCUT2D eigenvalue weighted by atomic mass is 19.1. The minimum atomic E-state index is -1.27. The SMILES string of the molecule is CC1(c2ccccc2)NC(=O)N(NC(=O)COc2ccc(F)cc2)C1=O. The van der Waals surface area contributed by atoms with Crippen LogP contribution in [-0.4, -0.2) is 29.5 Å². The predicted octanol–water partition coefficient (Wildman–Crippen LogP) is 1.70. The maximum atomic E-state index is 12.8. The number of hydrogen-bond acceptors (Lipinski definition) is 4. The molecule has 0 saturated carbocycles. The summed E-state index contributed by atoms with van der Waals surface area (Å²) >= 11 is 0. The molecule has 0 bridgehead atoms. The van der Waals surface area contributed by atoms with E-state index in [-0.39, 0.29) is 5.75 Å². The van der Waals surface area contributed by atoms with E-state index in [1.165, 1.54) is 24.3 Å². The minimum Gasteiger partial charge on any atom is -0.484 e. The average Bonchev–Trinajstić information content (AvgIpc) is 2.86. The maximum absolute atomic E-state index is 12.8. The number of carbonyl (C=O) groups is 3. The fourth-order valence-electron chi connectivity index (χ4n) is 2.54. The van der Waals surface area contributed by atoms with Crippen LogP contribution in [0.15, 0.2) is 54.6 Å². The summed E-state index contributed by atoms with van der Waals surface area (Å²) in [4.78, 5) is 36.7. The second kappa shape index (κ2) is 6.83. The third kappa shape index (κ3) is 3.34. The van der Waals surface area contributed by atoms with Crippen LogP contribution in [0.4, 0.5) is 9.18 Å². The van der Waals surface area contributed by atoms with Gasteiger partial charge in [-0.2, -0.15) is 5.01 Å². The minimum absolute atomic E-state index is 0.285. The molecule has 1 atom stereocenters. The van der Waals surface area contributed by atoms with Crippen molar-refractivity contribution in [3.63, 3.8) is 0 Å². The van der Waals surface area contributed by atoms with Crippen LogP contribution in [0.1, 0.15) is 12.5 Å². The van der Waals surface area contributed by atoms with E-state index in [4.69, 9.17) is 4.74 Å². The summed E-state index contributed by atoms with van der Waals surface area (Å²) in [6.07, 6.45) is 0. The molecule has 0 radical (unpaired) electrons. The van der Waals surface area contributed by atoms with E-state index in [2.05, 4.69) is 10.7 Å². The molecule has 1 unspecified atom stereocenters. The zero-order chi connectivity index (χ0) is 18.7. The Morgan fingerprint density at radius 2 is 1.81 bits per heavy atom. The second-order valence-corrected chi connectivity index (χ2v) is 5.84. The molecule has 2 aromatic rings. The van der Waals surface area contributed by atoms with Gasteiger partial charge in [0, 0.05) is 0 Å². The van der Waals surface area contributed by atoms with E-state index in [0.717, 1.165) is 0 Å². The summed E-state index contributed by atoms with van der Waals surface area (Å²) in [5.74, 6) is -1.45. The van der Waals surface area contributed by atoms with Gasteiger partial charge in [-0.1, -0.05) is 30.3 Å². The Bertz CT molecular complexity index is 841. The summed E-state index contributed by atoms with van der Waals surface area (Å²) in [7, 11) is 0. The zero-order valence-electron chi connectivity index (χ0n) is 13.9. The predicted molar refractivity (Wildman–Crippen MR) is 89.2 cm³/mol. The van der Waals surface area contributed by atoms with Crippen molar-refractivity contribution in [2.75, 3.05) is 6.61 Å². The molecule has 2 N–H and O–H groups in total. The highest BCUT2D eigenvalue weighted by Crippen LogP contribution is 2.27. The largest absolute Gasteiger partial charge is 0.484 e. The van der Waals surface area contributed by atoms with Gasteiger partial charge < -0.3 is 10.1 Å². The van der Waals surface area contributed by atoms with Gasteiger partial charge in [-0.3, -0.25) is 15.0 Å². The number of urea groups is 1. The Hall–Kier alpha value is -3.42. The van der Waals surface area contributed by atoms with E-state index in [1.54, 1.807) is 37.3 Å². The van der Waals surface area contributed by atoms with Crippen molar-refractivity contribution in [1.82, 2.24) is 15.8 Å². The molecule has 1 aliphatic heterocycles. The second-order valence-electron chi connectivity index (χ2n) is 5.84. The number of ether oxygens (including phenoxy) is 1. The fourth-order valence-corrected chi connectivity index (χ4v) is 2.54. The third-order valence-electron chi connectivity index (χ3n) is 3.96. The Balaban J connectivity index is 1.64. The van der Waals surface area contributed by atoms with Crippen LogP contribution >= 0.6 is 0 Å². The molecule has 1 fully saturated rings. The lowest BCUT2D eigenvalue weighted by Gasteiger charge is -2.22. The lowest BCUT2D eigenvalue weighted by Crippen LogP contribution is -2.49. The molecular formula is C18H16FN3O4. The van der Waals surface area contributed by atoms with Crippen LogP contribution in [0.3, 0.4) is 0 Å². The molecule has 4 amide bonds. The van der Waals surface area contributed by atoms with Crippen LogP contribution in [-0.2, 0) is 15.1 Å². The molecule has 1 aliphatic rings. The molecule has 1 heterocycles.